The Morgan fingerprint density at radius 3 is 2.67 bits per heavy atom. The number of nitro benzene ring substituents is 1. The number of rotatable bonds is 5. The van der Waals surface area contributed by atoms with E-state index in [-0.39, 0.29) is 6.54 Å². The lowest BCUT2D eigenvalue weighted by Gasteiger charge is -2.11. The second-order valence-electron chi connectivity index (χ2n) is 3.62. The van der Waals surface area contributed by atoms with Crippen LogP contribution in [-0.2, 0) is 11.3 Å². The molecule has 0 aromatic heterocycles. The summed E-state index contributed by atoms with van der Waals surface area (Å²) >= 11 is 0. The van der Waals surface area contributed by atoms with Gasteiger partial charge >= 0.3 is 5.69 Å². The van der Waals surface area contributed by atoms with E-state index in [0.29, 0.717) is 0 Å². The third-order valence-corrected chi connectivity index (χ3v) is 2.37. The minimum atomic E-state index is -1.26. The summed E-state index contributed by atoms with van der Waals surface area (Å²) in [6, 6.07) is 0.738. The van der Waals surface area contributed by atoms with Crippen molar-refractivity contribution in [2.45, 2.75) is 19.5 Å². The molecular weight excluding hydrogens is 248 g/mol. The van der Waals surface area contributed by atoms with Crippen LogP contribution in [0.1, 0.15) is 12.5 Å². The molecule has 0 heterocycles. The van der Waals surface area contributed by atoms with Gasteiger partial charge in [-0.05, 0) is 13.0 Å². The number of hydrogen-bond acceptors (Lipinski definition) is 4. The van der Waals surface area contributed by atoms with Crippen molar-refractivity contribution in [3.8, 4) is 0 Å². The van der Waals surface area contributed by atoms with Gasteiger partial charge in [-0.15, -0.1) is 0 Å². The van der Waals surface area contributed by atoms with Gasteiger partial charge in [-0.3, -0.25) is 14.9 Å². The lowest BCUT2D eigenvalue weighted by Crippen LogP contribution is -2.38. The van der Waals surface area contributed by atoms with E-state index in [9.17, 15) is 23.7 Å². The molecule has 0 spiro atoms. The van der Waals surface area contributed by atoms with Crippen LogP contribution in [0.25, 0.3) is 0 Å². The molecule has 6 nitrogen and oxygen atoms in total. The van der Waals surface area contributed by atoms with E-state index in [4.69, 9.17) is 5.73 Å². The molecule has 98 valence electrons. The number of nitrogens with two attached hydrogens (primary N) is 1. The second-order valence-corrected chi connectivity index (χ2v) is 3.62. The van der Waals surface area contributed by atoms with Gasteiger partial charge in [-0.1, -0.05) is 0 Å². The molecule has 0 radical (unpaired) electrons. The number of amides is 1. The van der Waals surface area contributed by atoms with Crippen LogP contribution in [0.5, 0.6) is 0 Å². The lowest BCUT2D eigenvalue weighted by molar-refractivity contribution is -0.387. The number of hydrogen-bond donors (Lipinski definition) is 2. The summed E-state index contributed by atoms with van der Waals surface area (Å²) in [6.07, 6.45) is 0. The van der Waals surface area contributed by atoms with E-state index < -0.39 is 39.8 Å². The van der Waals surface area contributed by atoms with Crippen LogP contribution in [-0.4, -0.2) is 16.9 Å². The number of nitrogens with zero attached hydrogens (tertiary/aromatic N) is 1. The van der Waals surface area contributed by atoms with Crippen molar-refractivity contribution in [2.24, 2.45) is 5.73 Å². The van der Waals surface area contributed by atoms with Crippen molar-refractivity contribution in [2.75, 3.05) is 0 Å². The number of nitrogens with one attached hydrogen (secondary N) is 1. The first-order valence-corrected chi connectivity index (χ1v) is 4.98. The molecule has 1 aromatic carbocycles. The second kappa shape index (κ2) is 5.50. The highest BCUT2D eigenvalue weighted by atomic mass is 19.1. The van der Waals surface area contributed by atoms with Crippen molar-refractivity contribution in [3.05, 3.63) is 39.4 Å². The summed E-state index contributed by atoms with van der Waals surface area (Å²) in [6.45, 7) is 1.04. The SMILES string of the molecule is C[C@H](NCc1c(F)ccc([N+](=O)[O-])c1F)C(N)=O. The topological polar surface area (TPSA) is 98.3 Å². The minimum Gasteiger partial charge on any atom is -0.368 e. The Balaban J connectivity index is 2.98. The van der Waals surface area contributed by atoms with Gasteiger partial charge in [-0.2, -0.15) is 4.39 Å². The zero-order chi connectivity index (χ0) is 13.9. The van der Waals surface area contributed by atoms with Crippen molar-refractivity contribution < 1.29 is 18.5 Å². The first-order valence-electron chi connectivity index (χ1n) is 4.98. The number of carbonyl (C=O) groups excluding carboxylic acids is 1. The molecule has 0 aliphatic rings. The van der Waals surface area contributed by atoms with Crippen molar-refractivity contribution in [3.63, 3.8) is 0 Å². The maximum Gasteiger partial charge on any atom is 0.305 e. The van der Waals surface area contributed by atoms with Crippen LogP contribution in [0.3, 0.4) is 0 Å². The molecule has 0 aliphatic heterocycles. The third kappa shape index (κ3) is 2.98. The highest BCUT2D eigenvalue weighted by Gasteiger charge is 2.21. The van der Waals surface area contributed by atoms with Crippen molar-refractivity contribution in [1.82, 2.24) is 5.32 Å². The van der Waals surface area contributed by atoms with Gasteiger partial charge in [0.05, 0.1) is 11.0 Å². The molecule has 0 fully saturated rings. The van der Waals surface area contributed by atoms with E-state index >= 15 is 0 Å². The maximum absolute atomic E-state index is 13.6. The fourth-order valence-corrected chi connectivity index (χ4v) is 1.24. The predicted molar refractivity (Wildman–Crippen MR) is 58.5 cm³/mol. The number of halogens is 2. The van der Waals surface area contributed by atoms with Crippen LogP contribution >= 0.6 is 0 Å². The van der Waals surface area contributed by atoms with Crippen molar-refractivity contribution >= 4 is 11.6 Å². The monoisotopic (exact) mass is 259 g/mol. The molecule has 0 bridgehead atoms. The third-order valence-electron chi connectivity index (χ3n) is 2.37. The van der Waals surface area contributed by atoms with E-state index in [2.05, 4.69) is 5.32 Å². The normalized spacial score (nSPS) is 12.2. The Kier molecular flexibility index (Phi) is 4.27. The zero-order valence-electron chi connectivity index (χ0n) is 9.44. The van der Waals surface area contributed by atoms with E-state index in [1.54, 1.807) is 0 Å². The van der Waals surface area contributed by atoms with Crippen molar-refractivity contribution in [1.29, 1.82) is 0 Å². The number of carbonyl (C=O) groups is 1. The molecule has 1 atom stereocenters. The van der Waals surface area contributed by atoms with Gasteiger partial charge in [0.2, 0.25) is 11.7 Å². The predicted octanol–water partition coefficient (Wildman–Crippen LogP) is 0.836. The molecule has 0 saturated carbocycles. The Bertz CT molecular complexity index is 494. The summed E-state index contributed by atoms with van der Waals surface area (Å²) in [5.41, 5.74) is 3.64. The molecule has 0 saturated heterocycles. The molecular formula is C10H11F2N3O3. The zero-order valence-corrected chi connectivity index (χ0v) is 9.44. The Hall–Kier alpha value is -2.09. The summed E-state index contributed by atoms with van der Waals surface area (Å²) in [5, 5.41) is 12.9. The van der Waals surface area contributed by atoms with Gasteiger partial charge in [0, 0.05) is 18.2 Å². The first-order chi connectivity index (χ1) is 8.34. The molecule has 1 aromatic rings. The van der Waals surface area contributed by atoms with Crippen LogP contribution in [0.4, 0.5) is 14.5 Å². The van der Waals surface area contributed by atoms with Crippen LogP contribution in [0.15, 0.2) is 12.1 Å². The highest BCUT2D eigenvalue weighted by molar-refractivity contribution is 5.79. The summed E-state index contributed by atoms with van der Waals surface area (Å²) in [7, 11) is 0. The molecule has 0 unspecified atom stereocenters. The molecule has 0 aliphatic carbocycles. The Labute approximate surface area is 101 Å². The number of benzene rings is 1. The largest absolute Gasteiger partial charge is 0.368 e. The van der Waals surface area contributed by atoms with Crippen LogP contribution in [0.2, 0.25) is 0 Å². The lowest BCUT2D eigenvalue weighted by atomic mass is 10.1. The van der Waals surface area contributed by atoms with Gasteiger partial charge in [-0.25, -0.2) is 4.39 Å². The number of nitro groups is 1. The maximum atomic E-state index is 13.6. The van der Waals surface area contributed by atoms with Gasteiger partial charge in [0.1, 0.15) is 5.82 Å². The summed E-state index contributed by atoms with van der Waals surface area (Å²) in [4.78, 5) is 20.3. The van der Waals surface area contributed by atoms with Gasteiger partial charge < -0.3 is 11.1 Å². The standard InChI is InChI=1S/C10H11F2N3O3/c1-5(10(13)16)14-4-6-7(11)2-3-8(9(6)12)15(17)18/h2-3,5,14H,4H2,1H3,(H2,13,16)/t5-/m0/s1. The number of primary amides is 1. The average molecular weight is 259 g/mol. The van der Waals surface area contributed by atoms with Gasteiger partial charge in [0.15, 0.2) is 0 Å². The van der Waals surface area contributed by atoms with Crippen LogP contribution in [0, 0.1) is 21.7 Å². The summed E-state index contributed by atoms with van der Waals surface area (Å²) in [5.74, 6) is -2.88. The molecule has 3 N–H and O–H groups in total. The average Bonchev–Trinajstić information content (AvgIpc) is 2.27. The smallest absolute Gasteiger partial charge is 0.305 e. The Morgan fingerprint density at radius 1 is 1.56 bits per heavy atom. The van der Waals surface area contributed by atoms with E-state index in [1.165, 1.54) is 6.92 Å². The molecule has 18 heavy (non-hydrogen) atoms. The minimum absolute atomic E-state index is 0.372. The fourth-order valence-electron chi connectivity index (χ4n) is 1.24. The molecule has 8 heteroatoms. The first kappa shape index (κ1) is 14.0. The Morgan fingerprint density at radius 2 is 2.17 bits per heavy atom. The van der Waals surface area contributed by atoms with E-state index in [0.717, 1.165) is 12.1 Å². The quantitative estimate of drug-likeness (QED) is 0.604. The fraction of sp³-hybridized carbons (Fsp3) is 0.300. The van der Waals surface area contributed by atoms with Gasteiger partial charge in [0.25, 0.3) is 0 Å². The van der Waals surface area contributed by atoms with E-state index in [1.807, 2.05) is 0 Å². The summed E-state index contributed by atoms with van der Waals surface area (Å²) < 4.78 is 26.9. The molecule has 1 rings (SSSR count). The molecule has 1 amide bonds. The highest BCUT2D eigenvalue weighted by Crippen LogP contribution is 2.22. The van der Waals surface area contributed by atoms with Crippen LogP contribution < -0.4 is 11.1 Å².